The highest BCUT2D eigenvalue weighted by atomic mass is 16.5. The molecule has 102 valence electrons. The van der Waals surface area contributed by atoms with Crippen LogP contribution in [0.1, 0.15) is 12.0 Å². The second-order valence-corrected chi connectivity index (χ2v) is 4.17. The van der Waals surface area contributed by atoms with Gasteiger partial charge in [0.1, 0.15) is 18.5 Å². The average molecular weight is 256 g/mol. The average Bonchev–Trinajstić information content (AvgIpc) is 2.42. The smallest absolute Gasteiger partial charge is 0.119 e. The molecule has 1 rings (SSSR count). The van der Waals surface area contributed by atoms with Gasteiger partial charge in [-0.25, -0.2) is 0 Å². The van der Waals surface area contributed by atoms with Crippen molar-refractivity contribution in [1.29, 1.82) is 0 Å². The van der Waals surface area contributed by atoms with Crippen LogP contribution in [0.3, 0.4) is 0 Å². The van der Waals surface area contributed by atoms with Crippen LogP contribution < -0.4 is 4.74 Å². The molecule has 0 spiro atoms. The largest absolute Gasteiger partial charge is 0.491 e. The molecular formula is C13H20O5. The summed E-state index contributed by atoms with van der Waals surface area (Å²) >= 11 is 0. The van der Waals surface area contributed by atoms with E-state index in [2.05, 4.69) is 0 Å². The van der Waals surface area contributed by atoms with Crippen LogP contribution in [-0.2, 0) is 6.42 Å². The van der Waals surface area contributed by atoms with Gasteiger partial charge >= 0.3 is 0 Å². The zero-order valence-corrected chi connectivity index (χ0v) is 10.2. The summed E-state index contributed by atoms with van der Waals surface area (Å²) in [5.74, 6) is 0.610. The molecule has 0 aliphatic heterocycles. The van der Waals surface area contributed by atoms with Gasteiger partial charge in [0.25, 0.3) is 0 Å². The van der Waals surface area contributed by atoms with Gasteiger partial charge in [0, 0.05) is 0 Å². The van der Waals surface area contributed by atoms with Crippen LogP contribution in [-0.4, -0.2) is 52.5 Å². The predicted octanol–water partition coefficient (Wildman–Crippen LogP) is -0.296. The number of aryl methyl sites for hydroxylation is 1. The molecule has 2 unspecified atom stereocenters. The minimum atomic E-state index is -0.884. The Hall–Kier alpha value is -1.14. The number of benzene rings is 1. The Morgan fingerprint density at radius 2 is 1.78 bits per heavy atom. The number of ether oxygens (including phenoxy) is 1. The Labute approximate surface area is 106 Å². The zero-order valence-electron chi connectivity index (χ0n) is 10.2. The standard InChI is InChI=1S/C13H20O5/c14-7-11(16)5-4-10-2-1-3-13(6-10)18-9-12(17)8-15/h1-3,6,11-12,14-17H,4-5,7-9H2. The van der Waals surface area contributed by atoms with E-state index in [1.165, 1.54) is 0 Å². The molecule has 5 heteroatoms. The van der Waals surface area contributed by atoms with Crippen molar-refractivity contribution in [3.05, 3.63) is 29.8 Å². The van der Waals surface area contributed by atoms with E-state index in [9.17, 15) is 5.11 Å². The third kappa shape index (κ3) is 5.46. The van der Waals surface area contributed by atoms with Crippen LogP contribution >= 0.6 is 0 Å². The lowest BCUT2D eigenvalue weighted by molar-refractivity contribution is 0.0535. The van der Waals surface area contributed by atoms with Crippen molar-refractivity contribution in [1.82, 2.24) is 0 Å². The van der Waals surface area contributed by atoms with E-state index < -0.39 is 12.2 Å². The molecule has 0 saturated heterocycles. The number of aliphatic hydroxyl groups is 4. The number of rotatable bonds is 8. The van der Waals surface area contributed by atoms with Crippen LogP contribution in [0, 0.1) is 0 Å². The highest BCUT2D eigenvalue weighted by Crippen LogP contribution is 2.15. The van der Waals surface area contributed by atoms with Crippen molar-refractivity contribution in [2.45, 2.75) is 25.0 Å². The maximum atomic E-state index is 9.25. The first kappa shape index (κ1) is 14.9. The minimum Gasteiger partial charge on any atom is -0.491 e. The predicted molar refractivity (Wildman–Crippen MR) is 66.4 cm³/mol. The monoisotopic (exact) mass is 256 g/mol. The van der Waals surface area contributed by atoms with Crippen LogP contribution in [0.4, 0.5) is 0 Å². The first-order valence-corrected chi connectivity index (χ1v) is 5.95. The van der Waals surface area contributed by atoms with E-state index >= 15 is 0 Å². The summed E-state index contributed by atoms with van der Waals surface area (Å²) < 4.78 is 5.31. The molecule has 0 bridgehead atoms. The number of hydrogen-bond acceptors (Lipinski definition) is 5. The van der Waals surface area contributed by atoms with Crippen LogP contribution in [0.25, 0.3) is 0 Å². The normalized spacial score (nSPS) is 14.2. The third-order valence-electron chi connectivity index (χ3n) is 2.53. The minimum absolute atomic E-state index is 0.0409. The summed E-state index contributed by atoms with van der Waals surface area (Å²) in [6.07, 6.45) is -0.462. The van der Waals surface area contributed by atoms with Gasteiger partial charge in [-0.2, -0.15) is 0 Å². The van der Waals surface area contributed by atoms with Gasteiger partial charge in [-0.1, -0.05) is 12.1 Å². The molecule has 1 aromatic rings. The van der Waals surface area contributed by atoms with Crippen LogP contribution in [0.5, 0.6) is 5.75 Å². The van der Waals surface area contributed by atoms with Crippen molar-refractivity contribution in [2.24, 2.45) is 0 Å². The van der Waals surface area contributed by atoms with E-state index in [0.717, 1.165) is 5.56 Å². The molecule has 0 amide bonds. The fraction of sp³-hybridized carbons (Fsp3) is 0.538. The van der Waals surface area contributed by atoms with Crippen molar-refractivity contribution < 1.29 is 25.2 Å². The second kappa shape index (κ2) is 8.05. The molecule has 0 fully saturated rings. The molecule has 0 heterocycles. The Bertz CT molecular complexity index is 313. The van der Waals surface area contributed by atoms with Gasteiger partial charge in [0.05, 0.1) is 19.3 Å². The zero-order chi connectivity index (χ0) is 13.4. The van der Waals surface area contributed by atoms with Crippen molar-refractivity contribution in [3.63, 3.8) is 0 Å². The summed E-state index contributed by atoms with van der Waals surface area (Å²) in [4.78, 5) is 0. The van der Waals surface area contributed by atoms with Gasteiger partial charge in [-0.05, 0) is 30.5 Å². The summed E-state index contributed by atoms with van der Waals surface area (Å²) in [5.41, 5.74) is 0.985. The molecule has 4 N–H and O–H groups in total. The third-order valence-corrected chi connectivity index (χ3v) is 2.53. The van der Waals surface area contributed by atoms with E-state index in [4.69, 9.17) is 20.1 Å². The Kier molecular flexibility index (Phi) is 6.67. The summed E-state index contributed by atoms with van der Waals surface area (Å²) in [6, 6.07) is 7.30. The van der Waals surface area contributed by atoms with Crippen LogP contribution in [0.2, 0.25) is 0 Å². The highest BCUT2D eigenvalue weighted by molar-refractivity contribution is 5.28. The van der Waals surface area contributed by atoms with Gasteiger partial charge in [-0.3, -0.25) is 0 Å². The molecule has 5 nitrogen and oxygen atoms in total. The van der Waals surface area contributed by atoms with E-state index in [1.807, 2.05) is 18.2 Å². The lowest BCUT2D eigenvalue weighted by Gasteiger charge is -2.11. The molecular weight excluding hydrogens is 236 g/mol. The molecule has 0 aliphatic rings. The maximum Gasteiger partial charge on any atom is 0.119 e. The van der Waals surface area contributed by atoms with Gasteiger partial charge in [0.2, 0.25) is 0 Å². The topological polar surface area (TPSA) is 90.2 Å². The number of hydrogen-bond donors (Lipinski definition) is 4. The molecule has 0 radical (unpaired) electrons. The summed E-state index contributed by atoms with van der Waals surface area (Å²) in [6.45, 7) is -0.527. The van der Waals surface area contributed by atoms with Crippen molar-refractivity contribution >= 4 is 0 Å². The van der Waals surface area contributed by atoms with Crippen molar-refractivity contribution in [3.8, 4) is 5.75 Å². The first-order chi connectivity index (χ1) is 8.65. The fourth-order valence-corrected chi connectivity index (χ4v) is 1.46. The molecule has 0 aromatic heterocycles. The molecule has 2 atom stereocenters. The maximum absolute atomic E-state index is 9.25. The SMILES string of the molecule is OCC(O)CCc1cccc(OCC(O)CO)c1. The first-order valence-electron chi connectivity index (χ1n) is 5.95. The molecule has 18 heavy (non-hydrogen) atoms. The Morgan fingerprint density at radius 3 is 2.44 bits per heavy atom. The van der Waals surface area contributed by atoms with E-state index in [0.29, 0.717) is 18.6 Å². The molecule has 0 aliphatic carbocycles. The molecule has 0 saturated carbocycles. The lowest BCUT2D eigenvalue weighted by Crippen LogP contribution is -2.21. The molecule has 1 aromatic carbocycles. The van der Waals surface area contributed by atoms with Crippen molar-refractivity contribution in [2.75, 3.05) is 19.8 Å². The van der Waals surface area contributed by atoms with Gasteiger partial charge < -0.3 is 25.2 Å². The quantitative estimate of drug-likeness (QED) is 0.513. The summed E-state index contributed by atoms with van der Waals surface area (Å²) in [5, 5.41) is 35.8. The Morgan fingerprint density at radius 1 is 1.06 bits per heavy atom. The fourth-order valence-electron chi connectivity index (χ4n) is 1.46. The van der Waals surface area contributed by atoms with Crippen LogP contribution in [0.15, 0.2) is 24.3 Å². The lowest BCUT2D eigenvalue weighted by atomic mass is 10.1. The van der Waals surface area contributed by atoms with E-state index in [1.54, 1.807) is 6.07 Å². The number of aliphatic hydroxyl groups excluding tert-OH is 4. The van der Waals surface area contributed by atoms with Gasteiger partial charge in [-0.15, -0.1) is 0 Å². The second-order valence-electron chi connectivity index (χ2n) is 4.17. The Balaban J connectivity index is 2.46. The summed E-state index contributed by atoms with van der Waals surface area (Å²) in [7, 11) is 0. The van der Waals surface area contributed by atoms with Gasteiger partial charge in [0.15, 0.2) is 0 Å². The highest BCUT2D eigenvalue weighted by Gasteiger charge is 2.05. The van der Waals surface area contributed by atoms with E-state index in [-0.39, 0.29) is 19.8 Å².